The Kier molecular flexibility index (Phi) is 5.66. The maximum Gasteiger partial charge on any atom is 0.264 e. The molecular weight excluding hydrogens is 452 g/mol. The number of anilines is 2. The number of halogens is 2. The number of hydrogen-bond acceptors (Lipinski definition) is 6. The lowest BCUT2D eigenvalue weighted by atomic mass is 10.1. The van der Waals surface area contributed by atoms with Crippen LogP contribution >= 0.6 is 0 Å². The van der Waals surface area contributed by atoms with Gasteiger partial charge in [0.15, 0.2) is 0 Å². The summed E-state index contributed by atoms with van der Waals surface area (Å²) in [6.45, 7) is 3.97. The first-order valence-corrected chi connectivity index (χ1v) is 11.4. The Hall–Kier alpha value is -3.73. The third-order valence-corrected chi connectivity index (χ3v) is 6.44. The van der Waals surface area contributed by atoms with Crippen molar-refractivity contribution in [1.82, 2.24) is 14.5 Å². The van der Waals surface area contributed by atoms with E-state index < -0.39 is 26.6 Å². The second-order valence-corrected chi connectivity index (χ2v) is 9.25. The van der Waals surface area contributed by atoms with Gasteiger partial charge in [-0.25, -0.2) is 27.2 Å². The minimum absolute atomic E-state index is 0.00398. The number of pyridine rings is 1. The van der Waals surface area contributed by atoms with Crippen molar-refractivity contribution in [3.8, 4) is 17.0 Å². The summed E-state index contributed by atoms with van der Waals surface area (Å²) in [7, 11) is -3.06. The molecule has 0 aliphatic rings. The maximum atomic E-state index is 14.1. The molecule has 0 unspecified atom stereocenters. The molecule has 2 aromatic heterocycles. The van der Waals surface area contributed by atoms with Gasteiger partial charge in [-0.2, -0.15) is 0 Å². The molecule has 0 aliphatic heterocycles. The van der Waals surface area contributed by atoms with Crippen LogP contribution < -0.4 is 15.2 Å². The summed E-state index contributed by atoms with van der Waals surface area (Å²) >= 11 is 0. The van der Waals surface area contributed by atoms with Crippen LogP contribution in [-0.4, -0.2) is 30.1 Å². The van der Waals surface area contributed by atoms with Crippen molar-refractivity contribution in [3.63, 3.8) is 0 Å². The average Bonchev–Trinajstić information content (AvgIpc) is 3.08. The number of benzene rings is 2. The minimum atomic E-state index is -4.38. The number of aromatic nitrogens is 3. The number of ether oxygens (including phenoxy) is 1. The highest BCUT2D eigenvalue weighted by Crippen LogP contribution is 2.33. The predicted octanol–water partition coefficient (Wildman–Crippen LogP) is 4.35. The standard InChI is InChI=1S/C22H21F2N5O3S/c1-12(2)29-19-9-13(4-6-17(19)27-22(29)25)14-8-18(21(32-3)26-11-14)28-33(30,31)20-7-5-15(23)10-16(20)24/h4-12,28H,1-3H3,(H2,25,27). The van der Waals surface area contributed by atoms with E-state index in [9.17, 15) is 17.2 Å². The average molecular weight is 474 g/mol. The fraction of sp³-hybridized carbons (Fsp3) is 0.182. The summed E-state index contributed by atoms with van der Waals surface area (Å²) in [4.78, 5) is 7.84. The van der Waals surface area contributed by atoms with Crippen molar-refractivity contribution in [2.24, 2.45) is 0 Å². The lowest BCUT2D eigenvalue weighted by Crippen LogP contribution is -2.15. The third-order valence-electron chi connectivity index (χ3n) is 5.04. The molecule has 0 bridgehead atoms. The van der Waals surface area contributed by atoms with Gasteiger partial charge in [-0.05, 0) is 49.7 Å². The number of rotatable bonds is 6. The molecule has 0 radical (unpaired) electrons. The molecule has 172 valence electrons. The van der Waals surface area contributed by atoms with E-state index in [0.717, 1.165) is 28.7 Å². The second-order valence-electron chi connectivity index (χ2n) is 7.60. The third kappa shape index (κ3) is 4.19. The Morgan fingerprint density at radius 2 is 1.85 bits per heavy atom. The monoisotopic (exact) mass is 473 g/mol. The normalized spacial score (nSPS) is 11.8. The quantitative estimate of drug-likeness (QED) is 0.431. The largest absolute Gasteiger partial charge is 0.480 e. The number of imidazole rings is 1. The lowest BCUT2D eigenvalue weighted by molar-refractivity contribution is 0.400. The van der Waals surface area contributed by atoms with Gasteiger partial charge < -0.3 is 15.0 Å². The zero-order valence-electron chi connectivity index (χ0n) is 18.0. The number of nitrogen functional groups attached to an aromatic ring is 1. The maximum absolute atomic E-state index is 14.1. The lowest BCUT2D eigenvalue weighted by Gasteiger charge is -2.14. The first-order chi connectivity index (χ1) is 15.6. The summed E-state index contributed by atoms with van der Waals surface area (Å²) in [5, 5.41) is 0. The van der Waals surface area contributed by atoms with Gasteiger partial charge >= 0.3 is 0 Å². The van der Waals surface area contributed by atoms with E-state index in [2.05, 4.69) is 14.7 Å². The molecule has 8 nitrogen and oxygen atoms in total. The number of methoxy groups -OCH3 is 1. The van der Waals surface area contributed by atoms with E-state index >= 15 is 0 Å². The Morgan fingerprint density at radius 1 is 1.09 bits per heavy atom. The molecule has 0 amide bonds. The fourth-order valence-corrected chi connectivity index (χ4v) is 4.68. The van der Waals surface area contributed by atoms with E-state index in [1.54, 1.807) is 6.07 Å². The summed E-state index contributed by atoms with van der Waals surface area (Å²) < 4.78 is 62.2. The van der Waals surface area contributed by atoms with E-state index in [1.807, 2.05) is 30.5 Å². The van der Waals surface area contributed by atoms with Crippen LogP contribution in [0.5, 0.6) is 5.88 Å². The summed E-state index contributed by atoms with van der Waals surface area (Å²) in [5.41, 5.74) is 8.88. The first kappa shape index (κ1) is 22.5. The van der Waals surface area contributed by atoms with Gasteiger partial charge in [-0.15, -0.1) is 0 Å². The molecule has 0 aliphatic carbocycles. The molecule has 2 heterocycles. The van der Waals surface area contributed by atoms with Crippen LogP contribution in [0, 0.1) is 11.6 Å². The highest BCUT2D eigenvalue weighted by molar-refractivity contribution is 7.92. The van der Waals surface area contributed by atoms with Gasteiger partial charge in [0.25, 0.3) is 10.0 Å². The van der Waals surface area contributed by atoms with Gasteiger partial charge in [-0.1, -0.05) is 6.07 Å². The SMILES string of the molecule is COc1ncc(-c2ccc3nc(N)n(C(C)C)c3c2)cc1NS(=O)(=O)c1ccc(F)cc1F. The second kappa shape index (κ2) is 8.32. The van der Waals surface area contributed by atoms with Crippen molar-refractivity contribution in [3.05, 3.63) is 60.3 Å². The van der Waals surface area contributed by atoms with Crippen LogP contribution in [0.4, 0.5) is 20.4 Å². The molecule has 2 aromatic carbocycles. The molecule has 0 saturated heterocycles. The van der Waals surface area contributed by atoms with Gasteiger partial charge in [0.05, 0.1) is 18.1 Å². The Morgan fingerprint density at radius 3 is 2.52 bits per heavy atom. The van der Waals surface area contributed by atoms with Gasteiger partial charge in [0.2, 0.25) is 11.8 Å². The number of nitrogens with two attached hydrogens (primary N) is 1. The van der Waals surface area contributed by atoms with Crippen molar-refractivity contribution in [1.29, 1.82) is 0 Å². The summed E-state index contributed by atoms with van der Waals surface area (Å²) in [6.07, 6.45) is 1.52. The van der Waals surface area contributed by atoms with Crippen molar-refractivity contribution in [2.75, 3.05) is 17.6 Å². The molecule has 33 heavy (non-hydrogen) atoms. The zero-order chi connectivity index (χ0) is 23.9. The number of sulfonamides is 1. The smallest absolute Gasteiger partial charge is 0.264 e. The van der Waals surface area contributed by atoms with E-state index in [-0.39, 0.29) is 17.6 Å². The molecule has 3 N–H and O–H groups in total. The van der Waals surface area contributed by atoms with Crippen LogP contribution in [0.1, 0.15) is 19.9 Å². The van der Waals surface area contributed by atoms with E-state index in [4.69, 9.17) is 10.5 Å². The Balaban J connectivity index is 1.78. The highest BCUT2D eigenvalue weighted by Gasteiger charge is 2.22. The molecule has 11 heteroatoms. The highest BCUT2D eigenvalue weighted by atomic mass is 32.2. The van der Waals surface area contributed by atoms with Crippen molar-refractivity contribution >= 4 is 32.7 Å². The van der Waals surface area contributed by atoms with Crippen LogP contribution in [-0.2, 0) is 10.0 Å². The van der Waals surface area contributed by atoms with Crippen LogP contribution in [0.3, 0.4) is 0 Å². The molecular formula is C22H21F2N5O3S. The minimum Gasteiger partial charge on any atom is -0.480 e. The van der Waals surface area contributed by atoms with Gasteiger partial charge in [-0.3, -0.25) is 4.72 Å². The number of fused-ring (bicyclic) bond motifs is 1. The molecule has 0 atom stereocenters. The Labute approximate surface area is 189 Å². The van der Waals surface area contributed by atoms with E-state index in [0.29, 0.717) is 17.6 Å². The number of nitrogens with one attached hydrogen (secondary N) is 1. The topological polar surface area (TPSA) is 112 Å². The predicted molar refractivity (Wildman–Crippen MR) is 121 cm³/mol. The molecule has 4 aromatic rings. The molecule has 0 spiro atoms. The van der Waals surface area contributed by atoms with E-state index in [1.165, 1.54) is 19.4 Å². The number of hydrogen-bond donors (Lipinski definition) is 2. The molecule has 0 fully saturated rings. The van der Waals surface area contributed by atoms with Gasteiger partial charge in [0, 0.05) is 23.9 Å². The van der Waals surface area contributed by atoms with Crippen LogP contribution in [0.2, 0.25) is 0 Å². The van der Waals surface area contributed by atoms with Crippen molar-refractivity contribution < 1.29 is 21.9 Å². The van der Waals surface area contributed by atoms with Crippen LogP contribution in [0.15, 0.2) is 53.6 Å². The Bertz CT molecular complexity index is 1470. The zero-order valence-corrected chi connectivity index (χ0v) is 18.8. The van der Waals surface area contributed by atoms with Crippen LogP contribution in [0.25, 0.3) is 22.2 Å². The molecule has 4 rings (SSSR count). The summed E-state index contributed by atoms with van der Waals surface area (Å²) in [6, 6.07) is 9.30. The first-order valence-electron chi connectivity index (χ1n) is 9.90. The van der Waals surface area contributed by atoms with Crippen molar-refractivity contribution in [2.45, 2.75) is 24.8 Å². The molecule has 0 saturated carbocycles. The van der Waals surface area contributed by atoms with Gasteiger partial charge in [0.1, 0.15) is 22.2 Å². The fourth-order valence-electron chi connectivity index (χ4n) is 3.57. The number of nitrogens with zero attached hydrogens (tertiary/aromatic N) is 3. The summed E-state index contributed by atoms with van der Waals surface area (Å²) in [5.74, 6) is -1.72.